The fourth-order valence-corrected chi connectivity index (χ4v) is 8.91. The number of hydrogen-bond acceptors (Lipinski definition) is 10. The summed E-state index contributed by atoms with van der Waals surface area (Å²) in [6, 6.07) is 3.29. The maximum absolute atomic E-state index is 13.2. The van der Waals surface area contributed by atoms with Crippen LogP contribution in [0.5, 0.6) is 0 Å². The van der Waals surface area contributed by atoms with Gasteiger partial charge >= 0.3 is 0 Å². The highest BCUT2D eigenvalue weighted by Crippen LogP contribution is 2.64. The van der Waals surface area contributed by atoms with Crippen molar-refractivity contribution in [3.8, 4) is 0 Å². The van der Waals surface area contributed by atoms with Gasteiger partial charge in [0.1, 0.15) is 16.9 Å². The van der Waals surface area contributed by atoms with Crippen molar-refractivity contribution in [2.45, 2.75) is 29.0 Å². The third kappa shape index (κ3) is 4.27. The lowest BCUT2D eigenvalue weighted by Gasteiger charge is -2.40. The van der Waals surface area contributed by atoms with E-state index in [1.54, 1.807) is 17.0 Å². The van der Waals surface area contributed by atoms with Gasteiger partial charge in [0.15, 0.2) is 30.0 Å². The second-order valence-corrected chi connectivity index (χ2v) is 14.3. The summed E-state index contributed by atoms with van der Waals surface area (Å²) in [5, 5.41) is 20.3. The lowest BCUT2D eigenvalue weighted by Crippen LogP contribution is -2.61. The molecule has 2 aromatic rings. The molecule has 2 amide bonds. The lowest BCUT2D eigenvalue weighted by molar-refractivity contribution is -0.0613. The Hall–Kier alpha value is -1.83. The maximum atomic E-state index is 13.2. The van der Waals surface area contributed by atoms with Gasteiger partial charge < -0.3 is 52.1 Å². The molecule has 0 aromatic carbocycles. The number of aromatic amines is 2. The average molecular weight is 861 g/mol. The van der Waals surface area contributed by atoms with E-state index >= 15 is 0 Å². The number of ether oxygens (including phenoxy) is 1. The second-order valence-electron chi connectivity index (χ2n) is 10.5. The number of guanidine groups is 2. The van der Waals surface area contributed by atoms with Crippen LogP contribution in [0.25, 0.3) is 0 Å². The van der Waals surface area contributed by atoms with E-state index in [4.69, 9.17) is 27.8 Å². The number of aromatic nitrogens is 2. The Bertz CT molecular complexity index is 1500. The number of nitrogens with two attached hydrogens (primary N) is 2. The molecule has 14 nitrogen and oxygen atoms in total. The topological polar surface area (TPSA) is 211 Å². The molecule has 42 heavy (non-hydrogen) atoms. The second kappa shape index (κ2) is 10.7. The van der Waals surface area contributed by atoms with Crippen LogP contribution in [0.3, 0.4) is 0 Å². The summed E-state index contributed by atoms with van der Waals surface area (Å²) in [6.07, 6.45) is -1.81. The quantitative estimate of drug-likeness (QED) is 0.190. The first-order valence-corrected chi connectivity index (χ1v) is 16.2. The number of nitrogens with one attached hydrogen (secondary N) is 5. The van der Waals surface area contributed by atoms with Crippen LogP contribution in [-0.4, -0.2) is 92.9 Å². The van der Waals surface area contributed by atoms with E-state index in [9.17, 15) is 14.7 Å². The van der Waals surface area contributed by atoms with E-state index < -0.39 is 46.8 Å². The van der Waals surface area contributed by atoms with E-state index in [-0.39, 0.29) is 36.8 Å². The highest BCUT2D eigenvalue weighted by atomic mass is 79.9. The van der Waals surface area contributed by atoms with Gasteiger partial charge in [-0.2, -0.15) is 0 Å². The number of fused-ring (bicyclic) bond motifs is 3. The summed E-state index contributed by atoms with van der Waals surface area (Å²) >= 11 is 20.8. The number of aliphatic hydroxyl groups is 1. The number of nitrogens with zero attached hydrogens (tertiary/aromatic N) is 3. The molecule has 10 N–H and O–H groups in total. The molecule has 226 valence electrons. The standard InChI is InChI=1S/C23H25Br4ClN10O4/c1-42-19-22-12(23(41)18(35-20(29)37-23)38(22)21(30)36-19)6(4-31-16(39)10-2-8(24)14(26)33-10)7(13(22)28)5-32-17(40)11-3-9(25)15(27)34-11/h2-3,6-7,12-13,18-19,33-34,41H,4-5H2,1H3,(H2,30,36)(H,31,39)(H,32,40)(H3,29,35,37)/t6-,7-,12+,13+,18-,19+,22?,23-/m0/s1. The highest BCUT2D eigenvalue weighted by molar-refractivity contribution is 9.13. The highest BCUT2D eigenvalue weighted by Gasteiger charge is 2.82. The Labute approximate surface area is 277 Å². The predicted molar refractivity (Wildman–Crippen MR) is 168 cm³/mol. The number of alkyl halides is 1. The van der Waals surface area contributed by atoms with Crippen molar-refractivity contribution in [2.24, 2.45) is 39.2 Å². The smallest absolute Gasteiger partial charge is 0.267 e. The van der Waals surface area contributed by atoms with Crippen LogP contribution < -0.4 is 27.4 Å². The summed E-state index contributed by atoms with van der Waals surface area (Å²) in [7, 11) is 1.48. The van der Waals surface area contributed by atoms with Crippen LogP contribution in [0.4, 0.5) is 0 Å². The number of H-pyrrole nitrogens is 2. The van der Waals surface area contributed by atoms with Gasteiger partial charge in [0.25, 0.3) is 11.8 Å². The van der Waals surface area contributed by atoms with Crippen LogP contribution in [0.15, 0.2) is 40.3 Å². The minimum Gasteiger partial charge on any atom is -0.370 e. The minimum atomic E-state index is -1.73. The summed E-state index contributed by atoms with van der Waals surface area (Å²) < 4.78 is 8.42. The molecule has 4 aliphatic rings. The first kappa shape index (κ1) is 30.2. The average Bonchev–Trinajstić information content (AvgIpc) is 3.71. The predicted octanol–water partition coefficient (Wildman–Crippen LogP) is 1.31. The van der Waals surface area contributed by atoms with E-state index in [1.165, 1.54) is 7.11 Å². The largest absolute Gasteiger partial charge is 0.370 e. The van der Waals surface area contributed by atoms with Crippen LogP contribution in [0.2, 0.25) is 0 Å². The number of carbonyl (C=O) groups is 2. The van der Waals surface area contributed by atoms with Crippen LogP contribution in [0, 0.1) is 17.8 Å². The number of aliphatic imine (C=N–C) groups is 2. The van der Waals surface area contributed by atoms with Gasteiger partial charge in [0.05, 0.1) is 23.5 Å². The fourth-order valence-electron chi connectivity index (χ4n) is 6.97. The SMILES string of the molecule is CO[C@H]1N=C(N)N2[C@@H]3N=C(N)N[C@]3(O)[C@@H]3[C@@H](CNC(=O)c4cc(Br)c(Br)[nH]4)[C@H](CNC(=O)c4cc(Br)c(Br)[nH]4)[C@@H](Cl)C132. The van der Waals surface area contributed by atoms with E-state index in [1.807, 2.05) is 0 Å². The van der Waals surface area contributed by atoms with Gasteiger partial charge in [-0.3, -0.25) is 9.59 Å². The Kier molecular flexibility index (Phi) is 7.67. The summed E-state index contributed by atoms with van der Waals surface area (Å²) in [5.41, 5.74) is 10.2. The van der Waals surface area contributed by atoms with Crippen molar-refractivity contribution in [3.05, 3.63) is 41.7 Å². The molecular formula is C23H25Br4ClN10O4. The third-order valence-corrected chi connectivity index (χ3v) is 12.7. The monoisotopic (exact) mass is 856 g/mol. The first-order chi connectivity index (χ1) is 19.8. The molecule has 2 aromatic heterocycles. The zero-order valence-electron chi connectivity index (χ0n) is 21.6. The number of carbonyl (C=O) groups excluding carboxylic acids is 2. The summed E-state index contributed by atoms with van der Waals surface area (Å²) in [6.45, 7) is 0.171. The Morgan fingerprint density at radius 2 is 1.60 bits per heavy atom. The van der Waals surface area contributed by atoms with Gasteiger partial charge in [-0.15, -0.1) is 11.6 Å². The summed E-state index contributed by atoms with van der Waals surface area (Å²) in [4.78, 5) is 42.9. The lowest BCUT2D eigenvalue weighted by atomic mass is 9.77. The van der Waals surface area contributed by atoms with Crippen molar-refractivity contribution in [3.63, 3.8) is 0 Å². The van der Waals surface area contributed by atoms with Gasteiger partial charge in [0, 0.05) is 32.0 Å². The number of halogens is 5. The van der Waals surface area contributed by atoms with Crippen LogP contribution in [-0.2, 0) is 4.74 Å². The Morgan fingerprint density at radius 3 is 2.10 bits per heavy atom. The Balaban J connectivity index is 1.37. The first-order valence-electron chi connectivity index (χ1n) is 12.6. The van der Waals surface area contributed by atoms with Crippen molar-refractivity contribution >= 4 is 99.1 Å². The van der Waals surface area contributed by atoms with E-state index in [2.05, 4.69) is 99.6 Å². The number of methoxy groups -OCH3 is 1. The van der Waals surface area contributed by atoms with Gasteiger partial charge in [0.2, 0.25) is 0 Å². The molecule has 3 aliphatic heterocycles. The molecule has 19 heteroatoms. The molecule has 2 fully saturated rings. The van der Waals surface area contributed by atoms with Gasteiger partial charge in [-0.05, 0) is 81.8 Å². The van der Waals surface area contributed by atoms with Gasteiger partial charge in [-0.25, -0.2) is 9.98 Å². The third-order valence-electron chi connectivity index (χ3n) is 8.46. The molecule has 1 aliphatic carbocycles. The zero-order valence-corrected chi connectivity index (χ0v) is 28.7. The fraction of sp³-hybridized carbons (Fsp3) is 0.478. The molecule has 1 saturated heterocycles. The van der Waals surface area contributed by atoms with E-state index in [0.717, 1.165) is 0 Å². The molecule has 5 heterocycles. The zero-order chi connectivity index (χ0) is 30.3. The number of amides is 2. The molecule has 1 saturated carbocycles. The van der Waals surface area contributed by atoms with Gasteiger partial charge in [-0.1, -0.05) is 0 Å². The normalized spacial score (nSPS) is 34.4. The van der Waals surface area contributed by atoms with Crippen molar-refractivity contribution in [1.82, 2.24) is 30.8 Å². The molecular weight excluding hydrogens is 835 g/mol. The van der Waals surface area contributed by atoms with Crippen molar-refractivity contribution in [2.75, 3.05) is 20.2 Å². The molecule has 8 atom stereocenters. The number of hydrogen-bond donors (Lipinski definition) is 8. The van der Waals surface area contributed by atoms with Crippen molar-refractivity contribution in [1.29, 1.82) is 0 Å². The summed E-state index contributed by atoms with van der Waals surface area (Å²) in [5.74, 6) is -2.42. The molecule has 6 rings (SSSR count). The van der Waals surface area contributed by atoms with Crippen LogP contribution in [0.1, 0.15) is 21.0 Å². The maximum Gasteiger partial charge on any atom is 0.267 e. The van der Waals surface area contributed by atoms with Crippen LogP contribution >= 0.6 is 75.3 Å². The molecule has 1 spiro atoms. The van der Waals surface area contributed by atoms with E-state index in [0.29, 0.717) is 29.5 Å². The minimum absolute atomic E-state index is 0.0272. The molecule has 0 radical (unpaired) electrons. The van der Waals surface area contributed by atoms with Crippen molar-refractivity contribution < 1.29 is 19.4 Å². The Morgan fingerprint density at radius 1 is 1.05 bits per heavy atom. The number of rotatable bonds is 7. The molecule has 0 bridgehead atoms. The molecule has 1 unspecified atom stereocenters.